The first-order valence-electron chi connectivity index (χ1n) is 15.8. The molecule has 1 unspecified atom stereocenters. The lowest BCUT2D eigenvalue weighted by atomic mass is 9.82. The van der Waals surface area contributed by atoms with Crippen LogP contribution in [0.3, 0.4) is 0 Å². The van der Waals surface area contributed by atoms with Crippen LogP contribution in [0.25, 0.3) is 27.2 Å². The summed E-state index contributed by atoms with van der Waals surface area (Å²) in [5.41, 5.74) is 7.40. The van der Waals surface area contributed by atoms with Gasteiger partial charge in [0.05, 0.1) is 11.4 Å². The fourth-order valence-electron chi connectivity index (χ4n) is 6.68. The van der Waals surface area contributed by atoms with Gasteiger partial charge in [0.2, 0.25) is 0 Å². The first-order valence-corrected chi connectivity index (χ1v) is 15.8. The van der Waals surface area contributed by atoms with Crippen LogP contribution in [0.1, 0.15) is 77.0 Å². The first kappa shape index (κ1) is 27.3. The Balaban J connectivity index is 1.25. The number of carbonyl (C=O) groups excluding carboxylic acids is 1. The molecule has 6 aromatic rings. The third-order valence-electron chi connectivity index (χ3n) is 9.13. The average molecular weight is 563 g/mol. The molecular formula is C40H38N2O. The Bertz CT molecular complexity index is 1940. The van der Waals surface area contributed by atoms with Gasteiger partial charge in [-0.3, -0.25) is 4.79 Å². The lowest BCUT2D eigenvalue weighted by Crippen LogP contribution is -2.12. The third-order valence-corrected chi connectivity index (χ3v) is 9.13. The normalized spacial score (nSPS) is 13.9. The molecule has 214 valence electrons. The molecule has 3 nitrogen and oxygen atoms in total. The predicted molar refractivity (Wildman–Crippen MR) is 177 cm³/mol. The van der Waals surface area contributed by atoms with Crippen molar-refractivity contribution in [1.29, 1.82) is 0 Å². The van der Waals surface area contributed by atoms with E-state index in [0.29, 0.717) is 12.1 Å². The van der Waals surface area contributed by atoms with Crippen molar-refractivity contribution in [2.75, 3.05) is 0 Å². The van der Waals surface area contributed by atoms with Gasteiger partial charge in [0.15, 0.2) is 5.78 Å². The van der Waals surface area contributed by atoms with E-state index in [1.807, 2.05) is 29.8 Å². The number of aryl methyl sites for hydroxylation is 2. The molecule has 0 saturated heterocycles. The van der Waals surface area contributed by atoms with E-state index in [-0.39, 0.29) is 11.7 Å². The van der Waals surface area contributed by atoms with Gasteiger partial charge >= 0.3 is 0 Å². The Morgan fingerprint density at radius 3 is 2.37 bits per heavy atom. The molecule has 1 heterocycles. The van der Waals surface area contributed by atoms with Crippen LogP contribution in [0, 0.1) is 12.8 Å². The topological polar surface area (TPSA) is 34.9 Å². The lowest BCUT2D eigenvalue weighted by molar-refractivity contribution is 0.0985. The Morgan fingerprint density at radius 1 is 0.814 bits per heavy atom. The number of Topliss-reactive ketones (excluding diaryl/α,β-unsaturated/α-hetero) is 1. The maximum absolute atomic E-state index is 13.8. The van der Waals surface area contributed by atoms with Crippen molar-refractivity contribution in [2.24, 2.45) is 5.92 Å². The minimum atomic E-state index is 0.0883. The van der Waals surface area contributed by atoms with Crippen LogP contribution in [0.5, 0.6) is 0 Å². The highest BCUT2D eigenvalue weighted by atomic mass is 16.1. The number of aromatic nitrogens is 2. The Kier molecular flexibility index (Phi) is 7.40. The van der Waals surface area contributed by atoms with E-state index in [4.69, 9.17) is 5.10 Å². The van der Waals surface area contributed by atoms with Gasteiger partial charge < -0.3 is 0 Å². The third kappa shape index (κ3) is 5.64. The zero-order valence-electron chi connectivity index (χ0n) is 25.1. The van der Waals surface area contributed by atoms with E-state index in [1.165, 1.54) is 57.5 Å². The van der Waals surface area contributed by atoms with Crippen molar-refractivity contribution >= 4 is 27.3 Å². The van der Waals surface area contributed by atoms with Crippen molar-refractivity contribution in [1.82, 2.24) is 9.78 Å². The minimum absolute atomic E-state index is 0.0883. The smallest absolute Gasteiger partial charge is 0.185 e. The van der Waals surface area contributed by atoms with E-state index in [0.717, 1.165) is 35.7 Å². The Hall–Kier alpha value is -4.50. The number of hydrogen-bond acceptors (Lipinski definition) is 2. The lowest BCUT2D eigenvalue weighted by Gasteiger charge is -2.22. The van der Waals surface area contributed by atoms with Crippen LogP contribution < -0.4 is 0 Å². The summed E-state index contributed by atoms with van der Waals surface area (Å²) in [6, 6.07) is 39.0. The molecule has 1 saturated carbocycles. The van der Waals surface area contributed by atoms with Crippen LogP contribution in [0.15, 0.2) is 109 Å². The van der Waals surface area contributed by atoms with Gasteiger partial charge in [-0.15, -0.1) is 0 Å². The minimum Gasteiger partial charge on any atom is -0.292 e. The molecule has 3 heteroatoms. The number of nitrogens with zero attached hydrogens (tertiary/aromatic N) is 2. The van der Waals surface area contributed by atoms with Crippen molar-refractivity contribution in [3.05, 3.63) is 143 Å². The summed E-state index contributed by atoms with van der Waals surface area (Å²) in [5, 5.41) is 9.94. The van der Waals surface area contributed by atoms with Crippen LogP contribution >= 0.6 is 0 Å². The second-order valence-electron chi connectivity index (χ2n) is 12.3. The second kappa shape index (κ2) is 11.6. The molecular weight excluding hydrogens is 524 g/mol. The molecule has 1 fully saturated rings. The molecule has 7 rings (SSSR count). The molecule has 1 aromatic heterocycles. The largest absolute Gasteiger partial charge is 0.292 e. The zero-order valence-corrected chi connectivity index (χ0v) is 25.1. The molecule has 0 aliphatic heterocycles. The van der Waals surface area contributed by atoms with Crippen molar-refractivity contribution in [3.63, 3.8) is 0 Å². The number of fused-ring (bicyclic) bond motifs is 3. The van der Waals surface area contributed by atoms with E-state index in [9.17, 15) is 4.79 Å². The summed E-state index contributed by atoms with van der Waals surface area (Å²) in [5.74, 6) is 1.22. The second-order valence-corrected chi connectivity index (χ2v) is 12.3. The number of carbonyl (C=O) groups is 1. The summed E-state index contributed by atoms with van der Waals surface area (Å²) in [6.45, 7) is 4.10. The number of benzene rings is 5. The molecule has 1 aliphatic rings. The van der Waals surface area contributed by atoms with E-state index < -0.39 is 0 Å². The highest BCUT2D eigenvalue weighted by molar-refractivity contribution is 6.09. The zero-order chi connectivity index (χ0) is 29.3. The monoisotopic (exact) mass is 562 g/mol. The highest BCUT2D eigenvalue weighted by Gasteiger charge is 2.26. The van der Waals surface area contributed by atoms with Gasteiger partial charge in [-0.2, -0.15) is 5.10 Å². The molecule has 0 spiro atoms. The molecule has 1 aliphatic carbocycles. The van der Waals surface area contributed by atoms with Crippen LogP contribution in [0.4, 0.5) is 0 Å². The molecule has 1 atom stereocenters. The summed E-state index contributed by atoms with van der Waals surface area (Å²) in [6.07, 6.45) is 6.36. The van der Waals surface area contributed by atoms with Crippen molar-refractivity contribution < 1.29 is 4.79 Å². The fourth-order valence-corrected chi connectivity index (χ4v) is 6.68. The predicted octanol–water partition coefficient (Wildman–Crippen LogP) is 9.80. The van der Waals surface area contributed by atoms with Gasteiger partial charge in [-0.05, 0) is 100 Å². The van der Waals surface area contributed by atoms with Crippen LogP contribution in [0.2, 0.25) is 0 Å². The Labute approximate surface area is 254 Å². The van der Waals surface area contributed by atoms with Gasteiger partial charge in [0.1, 0.15) is 5.69 Å². The molecule has 5 aromatic carbocycles. The van der Waals surface area contributed by atoms with Crippen LogP contribution in [-0.2, 0) is 12.8 Å². The van der Waals surface area contributed by atoms with Gasteiger partial charge in [-0.25, -0.2) is 4.68 Å². The van der Waals surface area contributed by atoms with Gasteiger partial charge in [-0.1, -0.05) is 105 Å². The van der Waals surface area contributed by atoms with E-state index >= 15 is 0 Å². The summed E-state index contributed by atoms with van der Waals surface area (Å²) in [4.78, 5) is 13.8. The maximum atomic E-state index is 13.8. The van der Waals surface area contributed by atoms with Gasteiger partial charge in [0.25, 0.3) is 0 Å². The maximum Gasteiger partial charge on any atom is 0.185 e. The molecule has 0 amide bonds. The fraction of sp³-hybridized carbons (Fsp3) is 0.250. The highest BCUT2D eigenvalue weighted by Crippen LogP contribution is 2.42. The molecule has 43 heavy (non-hydrogen) atoms. The molecule has 0 bridgehead atoms. The van der Waals surface area contributed by atoms with E-state index in [1.54, 1.807) is 0 Å². The average Bonchev–Trinajstić information content (AvgIpc) is 3.79. The quantitative estimate of drug-likeness (QED) is 0.123. The SMILES string of the molecule is CCc1cccc(-n2nc(C)cc2C(=O)Cc2cccc(C(CCC3CC3)c3cc4ccccc4c4ccccc34)c2)c1. The van der Waals surface area contributed by atoms with Gasteiger partial charge in [0, 0.05) is 12.3 Å². The Morgan fingerprint density at radius 2 is 1.56 bits per heavy atom. The van der Waals surface area contributed by atoms with Crippen molar-refractivity contribution in [2.45, 2.75) is 58.3 Å². The van der Waals surface area contributed by atoms with Crippen LogP contribution in [-0.4, -0.2) is 15.6 Å². The first-order chi connectivity index (χ1) is 21.1. The number of rotatable bonds is 10. The molecule has 0 N–H and O–H groups in total. The number of ketones is 1. The molecule has 0 radical (unpaired) electrons. The van der Waals surface area contributed by atoms with Crippen molar-refractivity contribution in [3.8, 4) is 5.69 Å². The van der Waals surface area contributed by atoms with E-state index in [2.05, 4.69) is 97.9 Å². The summed E-state index contributed by atoms with van der Waals surface area (Å²) < 4.78 is 1.82. The number of hydrogen-bond donors (Lipinski definition) is 0. The summed E-state index contributed by atoms with van der Waals surface area (Å²) in [7, 11) is 0. The summed E-state index contributed by atoms with van der Waals surface area (Å²) >= 11 is 0. The standard InChI is InChI=1S/C40H38N2O/c1-3-28-10-9-14-33(24-28)42-39(22-27(2)41-42)40(43)25-30-11-8-13-31(23-30)35(21-20-29-18-19-29)38-26-32-12-4-5-15-34(32)36-16-6-7-17-37(36)38/h4-17,22-24,26,29,35H,3,18-21,25H2,1-2H3.